The molecule has 1 aliphatic rings. The third-order valence-corrected chi connectivity index (χ3v) is 6.44. The Kier molecular flexibility index (Phi) is 8.13. The lowest BCUT2D eigenvalue weighted by Crippen LogP contribution is -2.31. The Balaban J connectivity index is 2.00. The first-order valence-electron chi connectivity index (χ1n) is 11.9. The summed E-state index contributed by atoms with van der Waals surface area (Å²) < 4.78 is 31.3. The van der Waals surface area contributed by atoms with Crippen LogP contribution >= 0.6 is 0 Å². The van der Waals surface area contributed by atoms with E-state index in [2.05, 4.69) is 0 Å². The monoisotopic (exact) mass is 501 g/mol. The van der Waals surface area contributed by atoms with Gasteiger partial charge in [0.1, 0.15) is 11.6 Å². The molecule has 0 aliphatic carbocycles. The van der Waals surface area contributed by atoms with Gasteiger partial charge >= 0.3 is 0 Å². The van der Waals surface area contributed by atoms with Crippen molar-refractivity contribution in [1.82, 2.24) is 4.90 Å². The lowest BCUT2D eigenvalue weighted by molar-refractivity contribution is 0.0962. The van der Waals surface area contributed by atoms with Gasteiger partial charge in [0.2, 0.25) is 0 Å². The number of methoxy groups -OCH3 is 3. The molecule has 2 N–H and O–H groups in total. The van der Waals surface area contributed by atoms with Crippen molar-refractivity contribution in [3.63, 3.8) is 0 Å². The fourth-order valence-electron chi connectivity index (χ4n) is 4.57. The van der Waals surface area contributed by atoms with Crippen molar-refractivity contribution in [3.8, 4) is 17.2 Å². The Labute approximate surface area is 212 Å². The molecule has 0 bridgehead atoms. The first-order chi connectivity index (χ1) is 17.0. The molecule has 1 aliphatic heterocycles. The van der Waals surface area contributed by atoms with Gasteiger partial charge in [0.05, 0.1) is 45.7 Å². The van der Waals surface area contributed by atoms with Crippen LogP contribution in [0, 0.1) is 11.2 Å². The van der Waals surface area contributed by atoms with Gasteiger partial charge in [-0.05, 0) is 36.1 Å². The van der Waals surface area contributed by atoms with Crippen LogP contribution in [-0.2, 0) is 12.0 Å². The molecule has 0 radical (unpaired) electrons. The highest BCUT2D eigenvalue weighted by Crippen LogP contribution is 2.41. The highest BCUT2D eigenvalue weighted by Gasteiger charge is 2.33. The van der Waals surface area contributed by atoms with E-state index in [0.717, 1.165) is 11.3 Å². The van der Waals surface area contributed by atoms with E-state index in [0.29, 0.717) is 30.0 Å². The Bertz CT molecular complexity index is 1160. The predicted octanol–water partition coefficient (Wildman–Crippen LogP) is 3.99. The van der Waals surface area contributed by atoms with Gasteiger partial charge in [-0.15, -0.1) is 0 Å². The van der Waals surface area contributed by atoms with E-state index < -0.39 is 5.82 Å². The number of carbonyl (C=O) groups excluding carboxylic acids is 1. The normalized spacial score (nSPS) is 13.0. The van der Waals surface area contributed by atoms with Crippen LogP contribution in [0.4, 0.5) is 10.1 Å². The first kappa shape index (κ1) is 27.3. The quantitative estimate of drug-likeness (QED) is 0.475. The number of fused-ring (bicyclic) bond motifs is 1. The van der Waals surface area contributed by atoms with Gasteiger partial charge in [-0.3, -0.25) is 10.2 Å². The van der Waals surface area contributed by atoms with Crippen molar-refractivity contribution in [3.05, 3.63) is 46.3 Å². The van der Waals surface area contributed by atoms with E-state index in [1.54, 1.807) is 24.1 Å². The number of anilines is 1. The lowest BCUT2D eigenvalue weighted by atomic mass is 9.84. The van der Waals surface area contributed by atoms with Gasteiger partial charge in [0.25, 0.3) is 0 Å². The number of Topliss-reactive ketones (excluding diaryl/α,β-unsaturated/α-hetero) is 1. The molecule has 0 saturated carbocycles. The third kappa shape index (κ3) is 4.97. The fourth-order valence-corrected chi connectivity index (χ4v) is 4.57. The van der Waals surface area contributed by atoms with Crippen molar-refractivity contribution >= 4 is 17.3 Å². The van der Waals surface area contributed by atoms with Gasteiger partial charge in [-0.1, -0.05) is 20.8 Å². The number of likely N-dealkylation sites (N-methyl/N-ethyl adjacent to an activating group) is 1. The zero-order chi connectivity index (χ0) is 26.8. The first-order valence-corrected chi connectivity index (χ1v) is 11.9. The number of aliphatic hydroxyl groups excluding tert-OH is 1. The molecule has 0 amide bonds. The zero-order valence-corrected chi connectivity index (χ0v) is 22.1. The van der Waals surface area contributed by atoms with E-state index in [4.69, 9.17) is 19.6 Å². The molecule has 8 nitrogen and oxygen atoms in total. The number of hydrogen-bond acceptors (Lipinski definition) is 7. The average Bonchev–Trinajstić information content (AvgIpc) is 3.15. The highest BCUT2D eigenvalue weighted by molar-refractivity contribution is 6.06. The SMILES string of the molecule is CCN(CCO)c1cc(C(=O)CN2Cc3cc(OC)c(OC)c(F)c3C2=N)cc(C(C)(C)C)c1OC. The molecule has 3 rings (SSSR count). The Hall–Kier alpha value is -3.33. The van der Waals surface area contributed by atoms with Crippen LogP contribution in [0.15, 0.2) is 18.2 Å². The van der Waals surface area contributed by atoms with Gasteiger partial charge in [-0.2, -0.15) is 0 Å². The number of nitrogens with zero attached hydrogens (tertiary/aromatic N) is 2. The largest absolute Gasteiger partial charge is 0.494 e. The molecular formula is C27H36FN3O5. The van der Waals surface area contributed by atoms with E-state index in [-0.39, 0.29) is 53.8 Å². The number of carbonyl (C=O) groups is 1. The third-order valence-electron chi connectivity index (χ3n) is 6.44. The van der Waals surface area contributed by atoms with Crippen LogP contribution in [0.25, 0.3) is 0 Å². The number of ketones is 1. The van der Waals surface area contributed by atoms with Crippen LogP contribution in [-0.4, -0.2) is 69.2 Å². The summed E-state index contributed by atoms with van der Waals surface area (Å²) in [5.74, 6) is -0.105. The number of halogens is 1. The number of ether oxygens (including phenoxy) is 3. The minimum Gasteiger partial charge on any atom is -0.494 e. The van der Waals surface area contributed by atoms with Crippen LogP contribution in [0.2, 0.25) is 0 Å². The summed E-state index contributed by atoms with van der Waals surface area (Å²) in [6, 6.07) is 5.25. The van der Waals surface area contributed by atoms with Crippen molar-refractivity contribution in [2.75, 3.05) is 52.5 Å². The molecule has 0 fully saturated rings. The van der Waals surface area contributed by atoms with Gasteiger partial charge in [0, 0.05) is 30.8 Å². The second-order valence-corrected chi connectivity index (χ2v) is 9.72. The molecule has 0 saturated heterocycles. The predicted molar refractivity (Wildman–Crippen MR) is 138 cm³/mol. The highest BCUT2D eigenvalue weighted by atomic mass is 19.1. The maximum Gasteiger partial charge on any atom is 0.197 e. The summed E-state index contributed by atoms with van der Waals surface area (Å²) >= 11 is 0. The number of nitrogens with one attached hydrogen (secondary N) is 1. The maximum absolute atomic E-state index is 15.1. The topological polar surface area (TPSA) is 95.3 Å². The molecule has 1 heterocycles. The number of rotatable bonds is 10. The van der Waals surface area contributed by atoms with Crippen molar-refractivity contribution in [2.24, 2.45) is 0 Å². The van der Waals surface area contributed by atoms with Crippen molar-refractivity contribution in [1.29, 1.82) is 5.41 Å². The van der Waals surface area contributed by atoms with Crippen LogP contribution in [0.3, 0.4) is 0 Å². The summed E-state index contributed by atoms with van der Waals surface area (Å²) in [5.41, 5.74) is 2.42. The van der Waals surface area contributed by atoms with Crippen molar-refractivity contribution in [2.45, 2.75) is 39.7 Å². The van der Waals surface area contributed by atoms with E-state index in [9.17, 15) is 9.90 Å². The minimum atomic E-state index is -0.670. The smallest absolute Gasteiger partial charge is 0.197 e. The molecule has 2 aromatic carbocycles. The van der Waals surface area contributed by atoms with Gasteiger partial charge in [0.15, 0.2) is 23.1 Å². The second-order valence-electron chi connectivity index (χ2n) is 9.72. The summed E-state index contributed by atoms with van der Waals surface area (Å²) in [4.78, 5) is 17.0. The summed E-state index contributed by atoms with van der Waals surface area (Å²) in [7, 11) is 4.37. The summed E-state index contributed by atoms with van der Waals surface area (Å²) in [6.45, 7) is 9.18. The number of benzene rings is 2. The lowest BCUT2D eigenvalue weighted by Gasteiger charge is -2.30. The van der Waals surface area contributed by atoms with E-state index >= 15 is 4.39 Å². The van der Waals surface area contributed by atoms with E-state index in [1.807, 2.05) is 38.7 Å². The summed E-state index contributed by atoms with van der Waals surface area (Å²) in [5, 5.41) is 18.1. The Morgan fingerprint density at radius 1 is 1.14 bits per heavy atom. The zero-order valence-electron chi connectivity index (χ0n) is 22.1. The standard InChI is InChI=1S/C27H36FN3O5/c1-8-30(9-10-32)19-12-16(11-18(24(19)35-6)27(2,3)4)20(33)15-31-14-17-13-21(34-5)25(36-7)23(28)22(17)26(31)29/h11-13,29,32H,8-10,14-15H2,1-7H3. The average molecular weight is 502 g/mol. The van der Waals surface area contributed by atoms with E-state index in [1.165, 1.54) is 14.2 Å². The Morgan fingerprint density at radius 3 is 2.33 bits per heavy atom. The molecule has 9 heteroatoms. The molecule has 0 unspecified atom stereocenters. The number of hydrogen-bond donors (Lipinski definition) is 2. The molecule has 196 valence electrons. The maximum atomic E-state index is 15.1. The molecule has 2 aromatic rings. The van der Waals surface area contributed by atoms with Crippen molar-refractivity contribution < 1.29 is 28.5 Å². The molecule has 0 atom stereocenters. The number of amidine groups is 1. The molecule has 0 spiro atoms. The molecule has 0 aromatic heterocycles. The van der Waals surface area contributed by atoms with Crippen LogP contribution in [0.1, 0.15) is 54.7 Å². The Morgan fingerprint density at radius 2 is 1.81 bits per heavy atom. The molecular weight excluding hydrogens is 465 g/mol. The van der Waals surface area contributed by atoms with Gasteiger partial charge < -0.3 is 29.1 Å². The minimum absolute atomic E-state index is 0.0400. The van der Waals surface area contributed by atoms with Crippen LogP contribution < -0.4 is 19.1 Å². The van der Waals surface area contributed by atoms with Crippen LogP contribution in [0.5, 0.6) is 17.2 Å². The second kappa shape index (κ2) is 10.7. The molecule has 36 heavy (non-hydrogen) atoms. The fraction of sp³-hybridized carbons (Fsp3) is 0.481. The summed E-state index contributed by atoms with van der Waals surface area (Å²) in [6.07, 6.45) is 0. The number of aliphatic hydroxyl groups is 1. The van der Waals surface area contributed by atoms with Gasteiger partial charge in [-0.25, -0.2) is 4.39 Å².